The lowest BCUT2D eigenvalue weighted by Crippen LogP contribution is -2.40. The van der Waals surface area contributed by atoms with E-state index in [4.69, 9.17) is 22.1 Å². The molecule has 4 rings (SSSR count). The van der Waals surface area contributed by atoms with Crippen LogP contribution in [0.3, 0.4) is 0 Å². The van der Waals surface area contributed by atoms with Crippen LogP contribution in [0.1, 0.15) is 33.6 Å². The molecule has 3 aromatic rings. The van der Waals surface area contributed by atoms with Crippen LogP contribution in [0, 0.1) is 6.92 Å². The molecule has 2 heterocycles. The zero-order valence-corrected chi connectivity index (χ0v) is 18.9. The van der Waals surface area contributed by atoms with Crippen molar-refractivity contribution >= 4 is 23.5 Å². The van der Waals surface area contributed by atoms with Gasteiger partial charge in [0.05, 0.1) is 18.9 Å². The number of nitrogens with two attached hydrogens (primary N) is 1. The largest absolute Gasteiger partial charge is 0.378 e. The second kappa shape index (κ2) is 10.1. The first-order valence-electron chi connectivity index (χ1n) is 10.9. The van der Waals surface area contributed by atoms with E-state index >= 15 is 0 Å². The number of nitrogens with zero attached hydrogens (tertiary/aromatic N) is 3. The van der Waals surface area contributed by atoms with Crippen molar-refractivity contribution in [2.45, 2.75) is 26.2 Å². The standard InChI is InChI=1S/C25H27ClN4O2/c1-17-21(6-3-7-22(17)26)23-16-20(28-25(27)29-23)5-2-4-18-8-10-19(11-9-18)24(31)30-12-14-32-15-13-30/h3,6-11,16H,2,4-5,12-15H2,1H3,(H2,27,28,29). The number of hydrogen-bond donors (Lipinski definition) is 1. The van der Waals surface area contributed by atoms with Gasteiger partial charge >= 0.3 is 0 Å². The second-order valence-electron chi connectivity index (χ2n) is 7.97. The molecular weight excluding hydrogens is 424 g/mol. The van der Waals surface area contributed by atoms with Crippen molar-refractivity contribution in [3.8, 4) is 11.3 Å². The molecule has 1 aliphatic heterocycles. The highest BCUT2D eigenvalue weighted by molar-refractivity contribution is 6.31. The molecule has 1 aromatic heterocycles. The maximum atomic E-state index is 12.6. The molecule has 0 saturated carbocycles. The summed E-state index contributed by atoms with van der Waals surface area (Å²) in [7, 11) is 0. The van der Waals surface area contributed by atoms with Crippen LogP contribution in [-0.2, 0) is 17.6 Å². The molecule has 1 saturated heterocycles. The van der Waals surface area contributed by atoms with Gasteiger partial charge in [-0.3, -0.25) is 4.79 Å². The van der Waals surface area contributed by atoms with Crippen molar-refractivity contribution in [3.63, 3.8) is 0 Å². The van der Waals surface area contributed by atoms with Gasteiger partial charge in [-0.05, 0) is 61.6 Å². The minimum atomic E-state index is 0.0696. The third-order valence-corrected chi connectivity index (χ3v) is 6.15. The Morgan fingerprint density at radius 2 is 1.84 bits per heavy atom. The van der Waals surface area contributed by atoms with Gasteiger partial charge in [-0.1, -0.05) is 35.9 Å². The topological polar surface area (TPSA) is 81.3 Å². The smallest absolute Gasteiger partial charge is 0.254 e. The summed E-state index contributed by atoms with van der Waals surface area (Å²) in [5.41, 5.74) is 11.5. The minimum absolute atomic E-state index is 0.0696. The van der Waals surface area contributed by atoms with Crippen LogP contribution in [0.25, 0.3) is 11.3 Å². The van der Waals surface area contributed by atoms with E-state index in [0.29, 0.717) is 31.3 Å². The number of morpholine rings is 1. The molecule has 1 amide bonds. The van der Waals surface area contributed by atoms with Crippen molar-refractivity contribution in [2.75, 3.05) is 32.0 Å². The van der Waals surface area contributed by atoms with Crippen LogP contribution < -0.4 is 5.73 Å². The van der Waals surface area contributed by atoms with E-state index in [1.807, 2.05) is 60.4 Å². The Hall–Kier alpha value is -2.96. The Morgan fingerprint density at radius 3 is 2.59 bits per heavy atom. The van der Waals surface area contributed by atoms with Gasteiger partial charge in [0.2, 0.25) is 5.95 Å². The molecule has 0 atom stereocenters. The van der Waals surface area contributed by atoms with Crippen LogP contribution in [0.15, 0.2) is 48.5 Å². The number of amides is 1. The van der Waals surface area contributed by atoms with Gasteiger partial charge in [-0.15, -0.1) is 0 Å². The fraction of sp³-hybridized carbons (Fsp3) is 0.320. The number of anilines is 1. The van der Waals surface area contributed by atoms with Gasteiger partial charge in [0, 0.05) is 34.9 Å². The van der Waals surface area contributed by atoms with Gasteiger partial charge in [-0.25, -0.2) is 9.97 Å². The Labute approximate surface area is 193 Å². The van der Waals surface area contributed by atoms with E-state index < -0.39 is 0 Å². The van der Waals surface area contributed by atoms with Gasteiger partial charge in [-0.2, -0.15) is 0 Å². The van der Waals surface area contributed by atoms with E-state index in [2.05, 4.69) is 9.97 Å². The molecule has 1 fully saturated rings. The highest BCUT2D eigenvalue weighted by Crippen LogP contribution is 2.28. The maximum Gasteiger partial charge on any atom is 0.254 e. The zero-order valence-electron chi connectivity index (χ0n) is 18.2. The molecule has 32 heavy (non-hydrogen) atoms. The van der Waals surface area contributed by atoms with Crippen molar-refractivity contribution in [3.05, 3.63) is 75.9 Å². The molecule has 7 heteroatoms. The molecule has 2 N–H and O–H groups in total. The number of rotatable bonds is 6. The Balaban J connectivity index is 1.38. The van der Waals surface area contributed by atoms with Crippen molar-refractivity contribution < 1.29 is 9.53 Å². The van der Waals surface area contributed by atoms with Crippen LogP contribution in [0.5, 0.6) is 0 Å². The van der Waals surface area contributed by atoms with Crippen LogP contribution in [-0.4, -0.2) is 47.1 Å². The van der Waals surface area contributed by atoms with Gasteiger partial charge < -0.3 is 15.4 Å². The lowest BCUT2D eigenvalue weighted by atomic mass is 10.0. The van der Waals surface area contributed by atoms with Gasteiger partial charge in [0.25, 0.3) is 5.91 Å². The van der Waals surface area contributed by atoms with E-state index in [-0.39, 0.29) is 11.9 Å². The zero-order chi connectivity index (χ0) is 22.5. The third-order valence-electron chi connectivity index (χ3n) is 5.74. The summed E-state index contributed by atoms with van der Waals surface area (Å²) in [4.78, 5) is 23.2. The quantitative estimate of drug-likeness (QED) is 0.604. The number of aromatic nitrogens is 2. The number of carbonyl (C=O) groups excluding carboxylic acids is 1. The molecule has 166 valence electrons. The van der Waals surface area contributed by atoms with Crippen LogP contribution in [0.4, 0.5) is 5.95 Å². The molecule has 1 aliphatic rings. The first-order chi connectivity index (χ1) is 15.5. The van der Waals surface area contributed by atoms with E-state index in [1.54, 1.807) is 0 Å². The predicted molar refractivity (Wildman–Crippen MR) is 127 cm³/mol. The number of ether oxygens (including phenoxy) is 1. The van der Waals surface area contributed by atoms with Crippen LogP contribution in [0.2, 0.25) is 5.02 Å². The molecule has 0 spiro atoms. The average molecular weight is 451 g/mol. The lowest BCUT2D eigenvalue weighted by Gasteiger charge is -2.26. The predicted octanol–water partition coefficient (Wildman–Crippen LogP) is 4.34. The highest BCUT2D eigenvalue weighted by atomic mass is 35.5. The maximum absolute atomic E-state index is 12.6. The summed E-state index contributed by atoms with van der Waals surface area (Å²) in [6.45, 7) is 4.49. The number of carbonyl (C=O) groups is 1. The fourth-order valence-corrected chi connectivity index (χ4v) is 4.08. The van der Waals surface area contributed by atoms with E-state index in [9.17, 15) is 4.79 Å². The van der Waals surface area contributed by atoms with Gasteiger partial charge in [0.15, 0.2) is 0 Å². The average Bonchev–Trinajstić information content (AvgIpc) is 2.81. The van der Waals surface area contributed by atoms with Gasteiger partial charge in [0.1, 0.15) is 0 Å². The van der Waals surface area contributed by atoms with Crippen molar-refractivity contribution in [2.24, 2.45) is 0 Å². The number of hydrogen-bond acceptors (Lipinski definition) is 5. The fourth-order valence-electron chi connectivity index (χ4n) is 3.91. The van der Waals surface area contributed by atoms with E-state index in [1.165, 1.54) is 5.56 Å². The summed E-state index contributed by atoms with van der Waals surface area (Å²) in [6, 6.07) is 15.6. The monoisotopic (exact) mass is 450 g/mol. The molecule has 0 radical (unpaired) electrons. The van der Waals surface area contributed by atoms with Crippen molar-refractivity contribution in [1.29, 1.82) is 0 Å². The number of aryl methyl sites for hydroxylation is 2. The summed E-state index contributed by atoms with van der Waals surface area (Å²) in [5, 5.41) is 0.705. The Morgan fingerprint density at radius 1 is 1.09 bits per heavy atom. The summed E-state index contributed by atoms with van der Waals surface area (Å²) in [5.74, 6) is 0.336. The Bertz CT molecular complexity index is 1100. The molecular formula is C25H27ClN4O2. The SMILES string of the molecule is Cc1c(Cl)cccc1-c1cc(CCCc2ccc(C(=O)N3CCOCC3)cc2)nc(N)n1. The summed E-state index contributed by atoms with van der Waals surface area (Å²) < 4.78 is 5.32. The normalized spacial score (nSPS) is 13.9. The third kappa shape index (κ3) is 5.26. The first-order valence-corrected chi connectivity index (χ1v) is 11.2. The molecule has 0 aliphatic carbocycles. The first kappa shape index (κ1) is 22.2. The lowest BCUT2D eigenvalue weighted by molar-refractivity contribution is 0.0303. The van der Waals surface area contributed by atoms with Crippen LogP contribution >= 0.6 is 11.6 Å². The van der Waals surface area contributed by atoms with Crippen molar-refractivity contribution in [1.82, 2.24) is 14.9 Å². The second-order valence-corrected chi connectivity index (χ2v) is 8.38. The minimum Gasteiger partial charge on any atom is -0.378 e. The summed E-state index contributed by atoms with van der Waals surface area (Å²) >= 11 is 6.27. The van der Waals surface area contributed by atoms with E-state index in [0.717, 1.165) is 47.3 Å². The molecule has 0 bridgehead atoms. The highest BCUT2D eigenvalue weighted by Gasteiger charge is 2.18. The number of benzene rings is 2. The number of halogens is 1. The Kier molecular flexibility index (Phi) is 7.02. The molecule has 0 unspecified atom stereocenters. The molecule has 2 aromatic carbocycles. The summed E-state index contributed by atoms with van der Waals surface area (Å²) in [6.07, 6.45) is 2.59. The number of nitrogen functional groups attached to an aromatic ring is 1. The molecule has 6 nitrogen and oxygen atoms in total.